The molecule has 4 nitrogen and oxygen atoms in total. The Morgan fingerprint density at radius 2 is 2.09 bits per heavy atom. The molecule has 0 unspecified atom stereocenters. The number of hydrogen-bond donors (Lipinski definition) is 0. The first-order valence-corrected chi connectivity index (χ1v) is 8.80. The van der Waals surface area contributed by atoms with Crippen LogP contribution in [0.25, 0.3) is 0 Å². The molecule has 1 aromatic rings. The zero-order valence-corrected chi connectivity index (χ0v) is 14.3. The second-order valence-electron chi connectivity index (χ2n) is 8.04. The van der Waals surface area contributed by atoms with Gasteiger partial charge in [-0.1, -0.05) is 18.2 Å². The summed E-state index contributed by atoms with van der Waals surface area (Å²) in [5.41, 5.74) is 3.98. The molecule has 4 rings (SSSR count). The van der Waals surface area contributed by atoms with Gasteiger partial charge in [-0.2, -0.15) is 0 Å². The van der Waals surface area contributed by atoms with E-state index in [1.165, 1.54) is 29.7 Å². The topological polar surface area (TPSA) is 32.8 Å². The quantitative estimate of drug-likeness (QED) is 0.734. The first-order chi connectivity index (χ1) is 10.9. The van der Waals surface area contributed by atoms with Gasteiger partial charge in [0.1, 0.15) is 5.60 Å². The van der Waals surface area contributed by atoms with Gasteiger partial charge in [-0.3, -0.25) is 0 Å². The van der Waals surface area contributed by atoms with Gasteiger partial charge < -0.3 is 14.5 Å². The van der Waals surface area contributed by atoms with E-state index in [2.05, 4.69) is 23.1 Å². The molecule has 0 aliphatic carbocycles. The van der Waals surface area contributed by atoms with Crippen LogP contribution < -0.4 is 4.90 Å². The highest BCUT2D eigenvalue weighted by Crippen LogP contribution is 2.48. The molecule has 3 aliphatic rings. The number of nitrogens with zero attached hydrogens (tertiary/aromatic N) is 2. The van der Waals surface area contributed by atoms with Crippen LogP contribution in [0.2, 0.25) is 0 Å². The second-order valence-corrected chi connectivity index (χ2v) is 8.04. The van der Waals surface area contributed by atoms with Gasteiger partial charge in [0.15, 0.2) is 0 Å². The highest BCUT2D eigenvalue weighted by Gasteiger charge is 2.44. The van der Waals surface area contributed by atoms with E-state index in [4.69, 9.17) is 4.74 Å². The highest BCUT2D eigenvalue weighted by atomic mass is 16.6. The maximum atomic E-state index is 12.4. The lowest BCUT2D eigenvalue weighted by molar-refractivity contribution is 0.0189. The number of amides is 1. The number of carbonyl (C=O) groups is 1. The molecule has 3 aliphatic heterocycles. The van der Waals surface area contributed by atoms with Crippen molar-refractivity contribution < 1.29 is 9.53 Å². The molecule has 0 aromatic heterocycles. The monoisotopic (exact) mass is 314 g/mol. The molecule has 0 bridgehead atoms. The van der Waals surface area contributed by atoms with Gasteiger partial charge in [-0.15, -0.1) is 0 Å². The van der Waals surface area contributed by atoms with Gasteiger partial charge in [0.05, 0.1) is 0 Å². The van der Waals surface area contributed by atoms with Crippen molar-refractivity contribution in [2.24, 2.45) is 0 Å². The molecule has 0 saturated carbocycles. The normalized spacial score (nSPS) is 25.9. The summed E-state index contributed by atoms with van der Waals surface area (Å²) in [6, 6.07) is 7.28. The van der Waals surface area contributed by atoms with E-state index in [9.17, 15) is 4.79 Å². The Kier molecular flexibility index (Phi) is 3.33. The maximum absolute atomic E-state index is 12.4. The van der Waals surface area contributed by atoms with Crippen LogP contribution in [-0.4, -0.2) is 42.3 Å². The average molecular weight is 314 g/mol. The zero-order chi connectivity index (χ0) is 16.2. The molecular formula is C19H26N2O2. The largest absolute Gasteiger partial charge is 0.444 e. The molecule has 1 amide bonds. The average Bonchev–Trinajstić information content (AvgIpc) is 2.82. The van der Waals surface area contributed by atoms with Crippen molar-refractivity contribution in [1.82, 2.24) is 4.90 Å². The van der Waals surface area contributed by atoms with Gasteiger partial charge >= 0.3 is 6.09 Å². The number of hydrogen-bond acceptors (Lipinski definition) is 3. The summed E-state index contributed by atoms with van der Waals surface area (Å²) in [5.74, 6) is 0.435. The van der Waals surface area contributed by atoms with Crippen molar-refractivity contribution in [3.8, 4) is 0 Å². The third-order valence-electron chi connectivity index (χ3n) is 5.31. The van der Waals surface area contributed by atoms with Gasteiger partial charge in [0.2, 0.25) is 0 Å². The number of carbonyl (C=O) groups excluding carboxylic acids is 1. The number of likely N-dealkylation sites (tertiary alicyclic amines) is 1. The molecule has 1 aromatic carbocycles. The SMILES string of the molecule is CC(C)(C)OC(=O)N1CC[C@@H]2[C@H](C1)c1cccc3c1N2CCC3. The van der Waals surface area contributed by atoms with E-state index < -0.39 is 5.60 Å². The standard InChI is InChI=1S/C19H26N2O2/c1-19(2,3)23-18(22)20-11-9-16-15(12-20)14-8-4-6-13-7-5-10-21(16)17(13)14/h4,6,8,15-16H,5,7,9-12H2,1-3H3/t15-,16-/m1/s1. The van der Waals surface area contributed by atoms with Crippen molar-refractivity contribution in [1.29, 1.82) is 0 Å². The fourth-order valence-electron chi connectivity index (χ4n) is 4.46. The molecule has 1 saturated heterocycles. The van der Waals surface area contributed by atoms with Crippen LogP contribution in [0.5, 0.6) is 0 Å². The van der Waals surface area contributed by atoms with Crippen molar-refractivity contribution in [3.05, 3.63) is 29.3 Å². The number of rotatable bonds is 0. The first-order valence-electron chi connectivity index (χ1n) is 8.80. The van der Waals surface area contributed by atoms with Crippen molar-refractivity contribution in [2.75, 3.05) is 24.5 Å². The van der Waals surface area contributed by atoms with Gasteiger partial charge in [0, 0.05) is 37.3 Å². The van der Waals surface area contributed by atoms with E-state index in [0.717, 1.165) is 26.1 Å². The summed E-state index contributed by atoms with van der Waals surface area (Å²) in [6.45, 7) is 8.54. The van der Waals surface area contributed by atoms with E-state index in [1.807, 2.05) is 25.7 Å². The number of anilines is 1. The van der Waals surface area contributed by atoms with Gasteiger partial charge in [-0.05, 0) is 51.2 Å². The molecule has 4 heteroatoms. The Morgan fingerprint density at radius 1 is 1.26 bits per heavy atom. The van der Waals surface area contributed by atoms with Crippen LogP contribution >= 0.6 is 0 Å². The minimum atomic E-state index is -0.427. The Hall–Kier alpha value is -1.71. The lowest BCUT2D eigenvalue weighted by Crippen LogP contribution is -2.49. The molecule has 2 atom stereocenters. The van der Waals surface area contributed by atoms with Crippen LogP contribution in [-0.2, 0) is 11.2 Å². The fourth-order valence-corrected chi connectivity index (χ4v) is 4.46. The van der Waals surface area contributed by atoms with Crippen LogP contribution in [0.4, 0.5) is 10.5 Å². The molecule has 23 heavy (non-hydrogen) atoms. The number of fused-ring (bicyclic) bond motifs is 3. The molecular weight excluding hydrogens is 288 g/mol. The van der Waals surface area contributed by atoms with Crippen LogP contribution in [0.3, 0.4) is 0 Å². The van der Waals surface area contributed by atoms with Gasteiger partial charge in [-0.25, -0.2) is 4.79 Å². The van der Waals surface area contributed by atoms with Crippen LogP contribution in [0.1, 0.15) is 50.7 Å². The lowest BCUT2D eigenvalue weighted by Gasteiger charge is -2.40. The first kappa shape index (κ1) is 14.9. The summed E-state index contributed by atoms with van der Waals surface area (Å²) in [7, 11) is 0. The van der Waals surface area contributed by atoms with Crippen LogP contribution in [0, 0.1) is 0 Å². The predicted molar refractivity (Wildman–Crippen MR) is 91.1 cm³/mol. The van der Waals surface area contributed by atoms with E-state index in [1.54, 1.807) is 0 Å². The fraction of sp³-hybridized carbons (Fsp3) is 0.632. The smallest absolute Gasteiger partial charge is 0.410 e. The molecule has 0 spiro atoms. The third-order valence-corrected chi connectivity index (χ3v) is 5.31. The molecule has 0 radical (unpaired) electrons. The van der Waals surface area contributed by atoms with Crippen molar-refractivity contribution >= 4 is 11.8 Å². The van der Waals surface area contributed by atoms with E-state index in [0.29, 0.717) is 12.0 Å². The number of piperidine rings is 1. The highest BCUT2D eigenvalue weighted by molar-refractivity contribution is 5.71. The van der Waals surface area contributed by atoms with E-state index >= 15 is 0 Å². The minimum Gasteiger partial charge on any atom is -0.444 e. The van der Waals surface area contributed by atoms with Gasteiger partial charge in [0.25, 0.3) is 0 Å². The molecule has 124 valence electrons. The van der Waals surface area contributed by atoms with E-state index in [-0.39, 0.29) is 6.09 Å². The summed E-state index contributed by atoms with van der Waals surface area (Å²) in [4.78, 5) is 17.0. The predicted octanol–water partition coefficient (Wildman–Crippen LogP) is 3.55. The lowest BCUT2D eigenvalue weighted by atomic mass is 9.89. The van der Waals surface area contributed by atoms with Crippen LogP contribution in [0.15, 0.2) is 18.2 Å². The molecule has 3 heterocycles. The number of para-hydroxylation sites is 1. The Labute approximate surface area is 138 Å². The minimum absolute atomic E-state index is 0.165. The third kappa shape index (κ3) is 2.48. The summed E-state index contributed by atoms with van der Waals surface area (Å²) < 4.78 is 5.58. The maximum Gasteiger partial charge on any atom is 0.410 e. The Bertz CT molecular complexity index is 635. The summed E-state index contributed by atoms with van der Waals surface area (Å²) >= 11 is 0. The molecule has 0 N–H and O–H groups in total. The number of ether oxygens (including phenoxy) is 1. The summed E-state index contributed by atoms with van der Waals surface area (Å²) in [5, 5.41) is 0. The second kappa shape index (κ2) is 5.15. The number of aryl methyl sites for hydroxylation is 1. The van der Waals surface area contributed by atoms with Crippen molar-refractivity contribution in [3.63, 3.8) is 0 Å². The van der Waals surface area contributed by atoms with Crippen molar-refractivity contribution in [2.45, 2.75) is 57.6 Å². The molecule has 1 fully saturated rings. The zero-order valence-electron chi connectivity index (χ0n) is 14.3. The Morgan fingerprint density at radius 3 is 2.87 bits per heavy atom. The summed E-state index contributed by atoms with van der Waals surface area (Å²) in [6.07, 6.45) is 3.31. The Balaban J connectivity index is 1.59. The number of benzene rings is 1.